The summed E-state index contributed by atoms with van der Waals surface area (Å²) in [6, 6.07) is 23.6. The van der Waals surface area contributed by atoms with Gasteiger partial charge in [0, 0.05) is 39.3 Å². The van der Waals surface area contributed by atoms with Gasteiger partial charge in [0.25, 0.3) is 0 Å². The summed E-state index contributed by atoms with van der Waals surface area (Å²) in [7, 11) is 0. The quantitative estimate of drug-likeness (QED) is 0.238. The molecule has 30 heavy (non-hydrogen) atoms. The molecule has 148 valence electrons. The lowest BCUT2D eigenvalue weighted by Gasteiger charge is -2.16. The van der Waals surface area contributed by atoms with Gasteiger partial charge in [-0.2, -0.15) is 0 Å². The van der Waals surface area contributed by atoms with Gasteiger partial charge in [-0.05, 0) is 29.8 Å². The van der Waals surface area contributed by atoms with Crippen LogP contribution in [0.2, 0.25) is 5.02 Å². The van der Waals surface area contributed by atoms with Crippen LogP contribution in [0.4, 0.5) is 0 Å². The number of hydrogen-bond acceptors (Lipinski definition) is 3. The van der Waals surface area contributed by atoms with Crippen LogP contribution in [0.5, 0.6) is 0 Å². The Morgan fingerprint density at radius 3 is 2.37 bits per heavy atom. The number of hydrogen-bond donors (Lipinski definition) is 1. The number of esters is 1. The second kappa shape index (κ2) is 8.80. The number of para-hydroxylation sites is 1. The lowest BCUT2D eigenvalue weighted by molar-refractivity contribution is -0.141. The molecular weight excluding hydrogens is 398 g/mol. The molecule has 0 saturated carbocycles. The van der Waals surface area contributed by atoms with Crippen molar-refractivity contribution in [3.05, 3.63) is 113 Å². The zero-order valence-electron chi connectivity index (χ0n) is 15.9. The van der Waals surface area contributed by atoms with Crippen LogP contribution in [0.15, 0.2) is 91.1 Å². The van der Waals surface area contributed by atoms with E-state index in [1.54, 1.807) is 48.7 Å². The minimum atomic E-state index is -1.05. The van der Waals surface area contributed by atoms with Gasteiger partial charge in [0.2, 0.25) is 5.78 Å². The van der Waals surface area contributed by atoms with Gasteiger partial charge >= 0.3 is 5.97 Å². The molecular formula is C25H18ClNO3. The summed E-state index contributed by atoms with van der Waals surface area (Å²) >= 11 is 5.88. The Labute approximate surface area is 178 Å². The first-order valence-electron chi connectivity index (χ1n) is 9.41. The Balaban J connectivity index is 1.61. The number of H-pyrrole nitrogens is 1. The lowest BCUT2D eigenvalue weighted by atomic mass is 9.99. The number of aromatic nitrogens is 1. The monoisotopic (exact) mass is 415 g/mol. The normalized spacial score (nSPS) is 12.2. The number of carbonyl (C=O) groups is 2. The van der Waals surface area contributed by atoms with E-state index in [4.69, 9.17) is 16.3 Å². The lowest BCUT2D eigenvalue weighted by Crippen LogP contribution is -2.19. The summed E-state index contributed by atoms with van der Waals surface area (Å²) in [4.78, 5) is 28.9. The third kappa shape index (κ3) is 4.34. The van der Waals surface area contributed by atoms with E-state index in [2.05, 4.69) is 4.98 Å². The fourth-order valence-corrected chi connectivity index (χ4v) is 3.34. The molecule has 0 aliphatic rings. The predicted molar refractivity (Wildman–Crippen MR) is 118 cm³/mol. The summed E-state index contributed by atoms with van der Waals surface area (Å²) in [5, 5.41) is 1.40. The Morgan fingerprint density at radius 1 is 0.900 bits per heavy atom. The molecule has 1 aromatic heterocycles. The van der Waals surface area contributed by atoms with E-state index in [0.717, 1.165) is 16.5 Å². The minimum absolute atomic E-state index is 0.285. The SMILES string of the molecule is O=C(/C=C/c1ccc(Cl)cc1)O[C@H](C(=O)c1c[nH]c2ccccc12)c1ccccc1. The van der Waals surface area contributed by atoms with Crippen molar-refractivity contribution in [3.63, 3.8) is 0 Å². The fourth-order valence-electron chi connectivity index (χ4n) is 3.21. The average molecular weight is 416 g/mol. The van der Waals surface area contributed by atoms with Crippen molar-refractivity contribution in [3.8, 4) is 0 Å². The van der Waals surface area contributed by atoms with Crippen molar-refractivity contribution in [2.24, 2.45) is 0 Å². The van der Waals surface area contributed by atoms with Gasteiger partial charge in [-0.15, -0.1) is 0 Å². The Morgan fingerprint density at radius 2 is 1.60 bits per heavy atom. The minimum Gasteiger partial charge on any atom is -0.446 e. The molecule has 0 unspecified atom stereocenters. The van der Waals surface area contributed by atoms with E-state index < -0.39 is 12.1 Å². The number of carbonyl (C=O) groups excluding carboxylic acids is 2. The molecule has 4 rings (SSSR count). The maximum absolute atomic E-state index is 13.3. The molecule has 0 aliphatic carbocycles. The van der Waals surface area contributed by atoms with Gasteiger partial charge in [-0.3, -0.25) is 4.79 Å². The van der Waals surface area contributed by atoms with Crippen LogP contribution in [-0.4, -0.2) is 16.7 Å². The van der Waals surface area contributed by atoms with Crippen LogP contribution < -0.4 is 0 Å². The molecule has 0 radical (unpaired) electrons. The van der Waals surface area contributed by atoms with Crippen LogP contribution >= 0.6 is 11.6 Å². The Kier molecular flexibility index (Phi) is 5.77. The third-order valence-electron chi connectivity index (χ3n) is 4.71. The molecule has 3 aromatic carbocycles. The molecule has 1 atom stereocenters. The second-order valence-corrected chi connectivity index (χ2v) is 7.16. The number of fused-ring (bicyclic) bond motifs is 1. The van der Waals surface area contributed by atoms with Gasteiger partial charge in [0.05, 0.1) is 0 Å². The van der Waals surface area contributed by atoms with E-state index in [0.29, 0.717) is 16.1 Å². The summed E-state index contributed by atoms with van der Waals surface area (Å²) in [5.74, 6) is -0.890. The molecule has 0 aliphatic heterocycles. The standard InChI is InChI=1S/C25H18ClNO3/c26-19-13-10-17(11-14-19)12-15-23(28)30-25(18-6-2-1-3-7-18)24(29)21-16-27-22-9-5-4-8-20(21)22/h1-16,25,27H/b15-12+/t25-/m0/s1. The molecule has 4 nitrogen and oxygen atoms in total. The fraction of sp³-hybridized carbons (Fsp3) is 0.0400. The summed E-state index contributed by atoms with van der Waals surface area (Å²) < 4.78 is 5.60. The Bertz CT molecular complexity index is 1210. The van der Waals surface area contributed by atoms with E-state index in [1.807, 2.05) is 42.5 Å². The maximum atomic E-state index is 13.3. The van der Waals surface area contributed by atoms with Gasteiger partial charge in [-0.1, -0.05) is 72.3 Å². The van der Waals surface area contributed by atoms with E-state index in [1.165, 1.54) is 6.08 Å². The molecule has 0 bridgehead atoms. The number of Topliss-reactive ketones (excluding diaryl/α,β-unsaturated/α-hetero) is 1. The van der Waals surface area contributed by atoms with E-state index >= 15 is 0 Å². The van der Waals surface area contributed by atoms with Crippen LogP contribution in [0.25, 0.3) is 17.0 Å². The predicted octanol–water partition coefficient (Wildman–Crippen LogP) is 6.00. The zero-order valence-corrected chi connectivity index (χ0v) is 16.7. The highest BCUT2D eigenvalue weighted by atomic mass is 35.5. The van der Waals surface area contributed by atoms with Crippen molar-refractivity contribution < 1.29 is 14.3 Å². The number of nitrogens with one attached hydrogen (secondary N) is 1. The summed E-state index contributed by atoms with van der Waals surface area (Å²) in [6.45, 7) is 0. The maximum Gasteiger partial charge on any atom is 0.331 e. The molecule has 0 spiro atoms. The van der Waals surface area contributed by atoms with Gasteiger partial charge < -0.3 is 9.72 Å². The number of ether oxygens (including phenoxy) is 1. The number of ketones is 1. The van der Waals surface area contributed by atoms with Gasteiger partial charge in [0.15, 0.2) is 6.10 Å². The highest BCUT2D eigenvalue weighted by molar-refractivity contribution is 6.30. The molecule has 0 fully saturated rings. The number of aromatic amines is 1. The molecule has 4 aromatic rings. The van der Waals surface area contributed by atoms with Crippen molar-refractivity contribution in [2.75, 3.05) is 0 Å². The molecule has 5 heteroatoms. The van der Waals surface area contributed by atoms with Gasteiger partial charge in [-0.25, -0.2) is 4.79 Å². The molecule has 0 amide bonds. The van der Waals surface area contributed by atoms with E-state index in [9.17, 15) is 9.59 Å². The largest absolute Gasteiger partial charge is 0.446 e. The summed E-state index contributed by atoms with van der Waals surface area (Å²) in [5.41, 5.74) is 2.74. The third-order valence-corrected chi connectivity index (χ3v) is 4.96. The topological polar surface area (TPSA) is 59.2 Å². The van der Waals surface area contributed by atoms with Crippen molar-refractivity contribution in [1.82, 2.24) is 4.98 Å². The first-order chi connectivity index (χ1) is 14.6. The zero-order chi connectivity index (χ0) is 20.9. The van der Waals surface area contributed by atoms with E-state index in [-0.39, 0.29) is 5.78 Å². The van der Waals surface area contributed by atoms with Crippen molar-refractivity contribution in [2.45, 2.75) is 6.10 Å². The number of benzene rings is 3. The smallest absolute Gasteiger partial charge is 0.331 e. The highest BCUT2D eigenvalue weighted by Gasteiger charge is 2.27. The molecule has 1 heterocycles. The van der Waals surface area contributed by atoms with Crippen molar-refractivity contribution in [1.29, 1.82) is 0 Å². The van der Waals surface area contributed by atoms with Crippen LogP contribution in [-0.2, 0) is 9.53 Å². The van der Waals surface area contributed by atoms with Crippen LogP contribution in [0, 0.1) is 0 Å². The molecule has 1 N–H and O–H groups in total. The van der Waals surface area contributed by atoms with Gasteiger partial charge in [0.1, 0.15) is 0 Å². The summed E-state index contributed by atoms with van der Waals surface area (Å²) in [6.07, 6.45) is 3.53. The second-order valence-electron chi connectivity index (χ2n) is 6.72. The van der Waals surface area contributed by atoms with Crippen molar-refractivity contribution >= 4 is 40.3 Å². The first kappa shape index (κ1) is 19.7. The van der Waals surface area contributed by atoms with Crippen LogP contribution in [0.3, 0.4) is 0 Å². The first-order valence-corrected chi connectivity index (χ1v) is 9.79. The number of rotatable bonds is 6. The average Bonchev–Trinajstić information content (AvgIpc) is 3.21. The number of halogens is 1. The Hall–Kier alpha value is -3.63. The van der Waals surface area contributed by atoms with Crippen LogP contribution in [0.1, 0.15) is 27.6 Å². The highest BCUT2D eigenvalue weighted by Crippen LogP contribution is 2.27. The molecule has 0 saturated heterocycles.